The first-order valence-electron chi connectivity index (χ1n) is 9.32. The van der Waals surface area contributed by atoms with Gasteiger partial charge in [-0.2, -0.15) is 0 Å². The third-order valence-electron chi connectivity index (χ3n) is 5.98. The molecule has 3 rings (SSSR count). The average molecular weight is 352 g/mol. The van der Waals surface area contributed by atoms with Crippen molar-refractivity contribution in [1.29, 1.82) is 0 Å². The number of carboxylic acids is 1. The van der Waals surface area contributed by atoms with E-state index in [1.54, 1.807) is 0 Å². The standard InChI is InChI=1S/C23H28O3/c1-16(2)13-20-22(3,4)23(20,21(24)25)15-17-9-8-12-19(14-17)26-18-10-6-5-7-11-18/h5-12,14,16,20H,13,15H2,1-4H3,(H,24,25)/t20?,23-/m0/s1. The van der Waals surface area contributed by atoms with Gasteiger partial charge in [0.15, 0.2) is 0 Å². The Bertz CT molecular complexity index is 779. The Kier molecular flexibility index (Phi) is 4.83. The Labute approximate surface area is 156 Å². The minimum Gasteiger partial charge on any atom is -0.481 e. The van der Waals surface area contributed by atoms with E-state index < -0.39 is 11.4 Å². The molecule has 1 aliphatic carbocycles. The molecule has 2 aromatic rings. The van der Waals surface area contributed by atoms with E-state index in [2.05, 4.69) is 27.7 Å². The zero-order valence-electron chi connectivity index (χ0n) is 16.0. The van der Waals surface area contributed by atoms with Gasteiger partial charge in [-0.15, -0.1) is 0 Å². The number of hydrogen-bond donors (Lipinski definition) is 1. The van der Waals surface area contributed by atoms with Crippen LogP contribution in [0.5, 0.6) is 11.5 Å². The minimum atomic E-state index is -0.692. The van der Waals surface area contributed by atoms with Gasteiger partial charge in [-0.05, 0) is 59.9 Å². The molecule has 1 N–H and O–H groups in total. The molecule has 0 radical (unpaired) electrons. The maximum Gasteiger partial charge on any atom is 0.310 e. The van der Waals surface area contributed by atoms with Crippen LogP contribution in [0, 0.1) is 22.7 Å². The van der Waals surface area contributed by atoms with E-state index in [0.29, 0.717) is 12.3 Å². The monoisotopic (exact) mass is 352 g/mol. The predicted octanol–water partition coefficient (Wildman–Crippen LogP) is 5.79. The number of aliphatic carboxylic acids is 1. The summed E-state index contributed by atoms with van der Waals surface area (Å²) in [5.74, 6) is 1.54. The van der Waals surface area contributed by atoms with Crippen LogP contribution in [0.2, 0.25) is 0 Å². The SMILES string of the molecule is CC(C)CC1C(C)(C)[C@]1(Cc1cccc(Oc2ccccc2)c1)C(=O)O. The number of ether oxygens (including phenoxy) is 1. The summed E-state index contributed by atoms with van der Waals surface area (Å²) in [4.78, 5) is 12.2. The lowest BCUT2D eigenvalue weighted by Crippen LogP contribution is -2.24. The third kappa shape index (κ3) is 3.23. The van der Waals surface area contributed by atoms with E-state index in [4.69, 9.17) is 4.74 Å². The molecule has 0 spiro atoms. The summed E-state index contributed by atoms with van der Waals surface area (Å²) in [5.41, 5.74) is 0.127. The van der Waals surface area contributed by atoms with Gasteiger partial charge in [-0.1, -0.05) is 58.0 Å². The van der Waals surface area contributed by atoms with Gasteiger partial charge in [0.25, 0.3) is 0 Å². The summed E-state index contributed by atoms with van der Waals surface area (Å²) in [6.45, 7) is 8.52. The van der Waals surface area contributed by atoms with Gasteiger partial charge in [0.1, 0.15) is 11.5 Å². The van der Waals surface area contributed by atoms with Crippen molar-refractivity contribution in [3.05, 3.63) is 60.2 Å². The maximum atomic E-state index is 12.2. The Hall–Kier alpha value is -2.29. The molecule has 0 aromatic heterocycles. The van der Waals surface area contributed by atoms with E-state index in [-0.39, 0.29) is 11.3 Å². The van der Waals surface area contributed by atoms with Gasteiger partial charge < -0.3 is 9.84 Å². The van der Waals surface area contributed by atoms with Crippen LogP contribution in [-0.2, 0) is 11.2 Å². The minimum absolute atomic E-state index is 0.195. The van der Waals surface area contributed by atoms with Crippen molar-refractivity contribution in [2.45, 2.75) is 40.5 Å². The lowest BCUT2D eigenvalue weighted by atomic mass is 9.88. The molecule has 0 amide bonds. The maximum absolute atomic E-state index is 12.2. The van der Waals surface area contributed by atoms with Crippen molar-refractivity contribution < 1.29 is 14.6 Å². The molecule has 2 atom stereocenters. The molecule has 138 valence electrons. The molecule has 0 aliphatic heterocycles. The molecule has 3 nitrogen and oxygen atoms in total. The van der Waals surface area contributed by atoms with Crippen LogP contribution in [0.25, 0.3) is 0 Å². The second kappa shape index (κ2) is 6.79. The summed E-state index contributed by atoms with van der Waals surface area (Å²) in [5, 5.41) is 10.1. The topological polar surface area (TPSA) is 46.5 Å². The number of hydrogen-bond acceptors (Lipinski definition) is 2. The summed E-state index contributed by atoms with van der Waals surface area (Å²) in [7, 11) is 0. The fourth-order valence-electron chi connectivity index (χ4n) is 4.45. The van der Waals surface area contributed by atoms with E-state index >= 15 is 0 Å². The molecule has 2 aromatic carbocycles. The third-order valence-corrected chi connectivity index (χ3v) is 5.98. The van der Waals surface area contributed by atoms with Crippen molar-refractivity contribution in [3.63, 3.8) is 0 Å². The second-order valence-corrected chi connectivity index (χ2v) is 8.42. The van der Waals surface area contributed by atoms with Crippen LogP contribution in [0.4, 0.5) is 0 Å². The van der Waals surface area contributed by atoms with E-state index in [0.717, 1.165) is 23.5 Å². The van der Waals surface area contributed by atoms with Crippen molar-refractivity contribution in [3.8, 4) is 11.5 Å². The first-order valence-corrected chi connectivity index (χ1v) is 9.32. The average Bonchev–Trinajstić information content (AvgIpc) is 3.03. The van der Waals surface area contributed by atoms with Gasteiger partial charge in [0, 0.05) is 0 Å². The molecule has 1 unspecified atom stereocenters. The van der Waals surface area contributed by atoms with E-state index in [1.807, 2.05) is 54.6 Å². The molecule has 3 heteroatoms. The molecule has 1 saturated carbocycles. The molecule has 1 fully saturated rings. The number of para-hydroxylation sites is 1. The Morgan fingerprint density at radius 2 is 1.73 bits per heavy atom. The Morgan fingerprint density at radius 3 is 2.35 bits per heavy atom. The van der Waals surface area contributed by atoms with E-state index in [9.17, 15) is 9.90 Å². The molecule has 0 saturated heterocycles. The van der Waals surface area contributed by atoms with Crippen molar-refractivity contribution in [2.24, 2.45) is 22.7 Å². The van der Waals surface area contributed by atoms with Crippen molar-refractivity contribution >= 4 is 5.97 Å². The fourth-order valence-corrected chi connectivity index (χ4v) is 4.45. The smallest absolute Gasteiger partial charge is 0.310 e. The van der Waals surface area contributed by atoms with Crippen molar-refractivity contribution in [2.75, 3.05) is 0 Å². The molecule has 26 heavy (non-hydrogen) atoms. The predicted molar refractivity (Wildman–Crippen MR) is 103 cm³/mol. The quantitative estimate of drug-likeness (QED) is 0.685. The first-order chi connectivity index (χ1) is 12.3. The molecule has 0 bridgehead atoms. The largest absolute Gasteiger partial charge is 0.481 e. The summed E-state index contributed by atoms with van der Waals surface area (Å²) in [6.07, 6.45) is 1.48. The van der Waals surface area contributed by atoms with Crippen LogP contribution in [-0.4, -0.2) is 11.1 Å². The molecule has 0 heterocycles. The number of carbonyl (C=O) groups is 1. The number of carboxylic acid groups (broad SMARTS) is 1. The van der Waals surface area contributed by atoms with Gasteiger partial charge in [0.05, 0.1) is 5.41 Å². The number of benzene rings is 2. The zero-order chi connectivity index (χ0) is 18.9. The molecule has 1 aliphatic rings. The summed E-state index contributed by atoms with van der Waals surface area (Å²) < 4.78 is 5.91. The van der Waals surface area contributed by atoms with Gasteiger partial charge in [-0.25, -0.2) is 0 Å². The Balaban J connectivity index is 1.83. The lowest BCUT2D eigenvalue weighted by Gasteiger charge is -2.17. The van der Waals surface area contributed by atoms with Crippen molar-refractivity contribution in [1.82, 2.24) is 0 Å². The van der Waals surface area contributed by atoms with Crippen LogP contribution in [0.15, 0.2) is 54.6 Å². The van der Waals surface area contributed by atoms with Gasteiger partial charge in [-0.3, -0.25) is 4.79 Å². The fraction of sp³-hybridized carbons (Fsp3) is 0.435. The summed E-state index contributed by atoms with van der Waals surface area (Å²) >= 11 is 0. The highest BCUT2D eigenvalue weighted by Gasteiger charge is 2.74. The first kappa shape index (κ1) is 18.5. The second-order valence-electron chi connectivity index (χ2n) is 8.42. The van der Waals surface area contributed by atoms with E-state index in [1.165, 1.54) is 0 Å². The van der Waals surface area contributed by atoms with Gasteiger partial charge >= 0.3 is 5.97 Å². The van der Waals surface area contributed by atoms with Crippen LogP contribution >= 0.6 is 0 Å². The number of rotatable bonds is 7. The highest BCUT2D eigenvalue weighted by Crippen LogP contribution is 2.72. The van der Waals surface area contributed by atoms with Crippen LogP contribution in [0.3, 0.4) is 0 Å². The molecular weight excluding hydrogens is 324 g/mol. The van der Waals surface area contributed by atoms with Crippen LogP contribution in [0.1, 0.15) is 39.7 Å². The zero-order valence-corrected chi connectivity index (χ0v) is 16.0. The van der Waals surface area contributed by atoms with Crippen LogP contribution < -0.4 is 4.74 Å². The highest BCUT2D eigenvalue weighted by molar-refractivity contribution is 5.81. The molecular formula is C23H28O3. The Morgan fingerprint density at radius 1 is 1.08 bits per heavy atom. The van der Waals surface area contributed by atoms with Gasteiger partial charge in [0.2, 0.25) is 0 Å². The summed E-state index contributed by atoms with van der Waals surface area (Å²) in [6, 6.07) is 17.5. The highest BCUT2D eigenvalue weighted by atomic mass is 16.5. The normalized spacial score (nSPS) is 23.7. The lowest BCUT2D eigenvalue weighted by molar-refractivity contribution is -0.145.